The number of thioether (sulfide) groups is 3. The molecule has 6 nitrogen and oxygen atoms in total. The van der Waals surface area contributed by atoms with Gasteiger partial charge < -0.3 is 14.8 Å². The molecule has 1 unspecified atom stereocenters. The van der Waals surface area contributed by atoms with Crippen LogP contribution in [0.5, 0.6) is 0 Å². The molecule has 1 atom stereocenters. The first kappa shape index (κ1) is 27.5. The summed E-state index contributed by atoms with van der Waals surface area (Å²) in [5.74, 6) is 1.17. The Kier molecular flexibility index (Phi) is 15.2. The molecule has 0 aliphatic carbocycles. The molecule has 0 aromatic rings. The van der Waals surface area contributed by atoms with E-state index in [-0.39, 0.29) is 17.7 Å². The molecule has 0 aromatic carbocycles. The van der Waals surface area contributed by atoms with Gasteiger partial charge in [-0.15, -0.1) is 11.8 Å². The number of methoxy groups -OCH3 is 1. The van der Waals surface area contributed by atoms with Crippen molar-refractivity contribution in [1.29, 1.82) is 0 Å². The number of carbonyl (C=O) groups excluding carboxylic acids is 3. The van der Waals surface area contributed by atoms with E-state index in [1.807, 2.05) is 13.8 Å². The van der Waals surface area contributed by atoms with E-state index in [2.05, 4.69) is 12.2 Å². The van der Waals surface area contributed by atoms with Crippen molar-refractivity contribution in [3.63, 3.8) is 0 Å². The molecule has 0 spiro atoms. The minimum absolute atomic E-state index is 0.0442. The van der Waals surface area contributed by atoms with E-state index in [0.29, 0.717) is 22.1 Å². The summed E-state index contributed by atoms with van der Waals surface area (Å²) in [6.45, 7) is 7.50. The summed E-state index contributed by atoms with van der Waals surface area (Å²) < 4.78 is 10.7. The van der Waals surface area contributed by atoms with Crippen LogP contribution in [0.25, 0.3) is 0 Å². The Morgan fingerprint density at radius 3 is 2.36 bits per heavy atom. The fourth-order valence-corrected chi connectivity index (χ4v) is 5.56. The number of esters is 1. The van der Waals surface area contributed by atoms with Gasteiger partial charge in [0.2, 0.25) is 0 Å². The van der Waals surface area contributed by atoms with Gasteiger partial charge in [0.25, 0.3) is 0 Å². The first-order valence-corrected chi connectivity index (χ1v) is 12.4. The molecule has 0 aliphatic heterocycles. The van der Waals surface area contributed by atoms with Crippen LogP contribution >= 0.6 is 47.5 Å². The molecule has 0 fully saturated rings. The van der Waals surface area contributed by atoms with Crippen LogP contribution in [-0.2, 0) is 19.1 Å². The lowest BCUT2D eigenvalue weighted by atomic mass is 9.98. The van der Waals surface area contributed by atoms with Gasteiger partial charge in [-0.1, -0.05) is 49.1 Å². The average Bonchev–Trinajstić information content (AvgIpc) is 2.59. The van der Waals surface area contributed by atoms with Gasteiger partial charge >= 0.3 is 12.1 Å². The highest BCUT2D eigenvalue weighted by Gasteiger charge is 2.32. The average molecular weight is 470 g/mol. The van der Waals surface area contributed by atoms with E-state index in [1.54, 1.807) is 11.8 Å². The predicted octanol–water partition coefficient (Wildman–Crippen LogP) is 4.64. The Labute approximate surface area is 186 Å². The highest BCUT2D eigenvalue weighted by Crippen LogP contribution is 2.29. The maximum atomic E-state index is 12.2. The summed E-state index contributed by atoms with van der Waals surface area (Å²) in [5, 5.41) is 2.32. The summed E-state index contributed by atoms with van der Waals surface area (Å²) in [4.78, 5) is 35.0. The fraction of sp³-hybridized carbons (Fsp3) is 0.778. The second-order valence-electron chi connectivity index (χ2n) is 6.62. The number of thiocarbonyl (C=S) groups is 1. The molecule has 28 heavy (non-hydrogen) atoms. The third kappa shape index (κ3) is 14.5. The van der Waals surface area contributed by atoms with Gasteiger partial charge in [-0.05, 0) is 38.9 Å². The van der Waals surface area contributed by atoms with Crippen LogP contribution in [0.2, 0.25) is 0 Å². The Balaban J connectivity index is 4.52. The number of alkyl carbamates (subject to hydrolysis) is 1. The second kappa shape index (κ2) is 15.4. The van der Waals surface area contributed by atoms with Crippen LogP contribution in [0.4, 0.5) is 4.79 Å². The van der Waals surface area contributed by atoms with Crippen LogP contribution in [0.1, 0.15) is 53.4 Å². The predicted molar refractivity (Wildman–Crippen MR) is 124 cm³/mol. The van der Waals surface area contributed by atoms with Crippen molar-refractivity contribution in [3.8, 4) is 0 Å². The van der Waals surface area contributed by atoms with Crippen LogP contribution in [0.3, 0.4) is 0 Å². The van der Waals surface area contributed by atoms with Crippen molar-refractivity contribution in [2.45, 2.75) is 64.2 Å². The quantitative estimate of drug-likeness (QED) is 0.249. The molecular formula is C18H31NO5S4. The van der Waals surface area contributed by atoms with Gasteiger partial charge in [-0.2, -0.15) is 0 Å². The van der Waals surface area contributed by atoms with Gasteiger partial charge in [0, 0.05) is 18.2 Å². The molecule has 10 heteroatoms. The normalized spacial score (nSPS) is 12.2. The van der Waals surface area contributed by atoms with Gasteiger partial charge in [-0.25, -0.2) is 4.79 Å². The molecule has 0 saturated carbocycles. The number of nitrogens with one attached hydrogen (secondary N) is 1. The lowest BCUT2D eigenvalue weighted by Gasteiger charge is -2.29. The zero-order valence-electron chi connectivity index (χ0n) is 17.2. The summed E-state index contributed by atoms with van der Waals surface area (Å²) in [5.41, 5.74) is -0.680. The number of amides is 1. The monoisotopic (exact) mass is 469 g/mol. The zero-order valence-corrected chi connectivity index (χ0v) is 20.5. The van der Waals surface area contributed by atoms with E-state index in [1.165, 1.54) is 37.6 Å². The van der Waals surface area contributed by atoms with Crippen molar-refractivity contribution in [1.82, 2.24) is 5.32 Å². The van der Waals surface area contributed by atoms with Gasteiger partial charge in [0.1, 0.15) is 8.78 Å². The van der Waals surface area contributed by atoms with Gasteiger partial charge in [0.15, 0.2) is 5.12 Å². The highest BCUT2D eigenvalue weighted by molar-refractivity contribution is 8.47. The fourth-order valence-electron chi connectivity index (χ4n) is 2.02. The molecule has 0 radical (unpaired) electrons. The van der Waals surface area contributed by atoms with E-state index >= 15 is 0 Å². The standard InChI is InChI=1S/C18H31NO5S4/c1-6-7-10-27-17(25)28-14(15(21)23-5)12-18(3,4)19-16(22)24-9-8-11-26-13(2)20/h14H,6-12H2,1-5H3,(H,19,22). The Morgan fingerprint density at radius 1 is 1.14 bits per heavy atom. The molecule has 0 bridgehead atoms. The number of hydrogen-bond donors (Lipinski definition) is 1. The minimum atomic E-state index is -0.680. The Morgan fingerprint density at radius 2 is 1.79 bits per heavy atom. The van der Waals surface area contributed by atoms with E-state index in [4.69, 9.17) is 21.7 Å². The first-order chi connectivity index (χ1) is 13.1. The smallest absolute Gasteiger partial charge is 0.407 e. The molecule has 0 aromatic heterocycles. The minimum Gasteiger partial charge on any atom is -0.468 e. The topological polar surface area (TPSA) is 81.7 Å². The van der Waals surface area contributed by atoms with E-state index < -0.39 is 16.9 Å². The maximum Gasteiger partial charge on any atom is 0.407 e. The third-order valence-electron chi connectivity index (χ3n) is 3.38. The van der Waals surface area contributed by atoms with Gasteiger partial charge in [0.05, 0.1) is 13.7 Å². The molecule has 1 N–H and O–H groups in total. The van der Waals surface area contributed by atoms with Crippen molar-refractivity contribution in [3.05, 3.63) is 0 Å². The maximum absolute atomic E-state index is 12.2. The van der Waals surface area contributed by atoms with Crippen molar-refractivity contribution in [2.75, 3.05) is 25.2 Å². The van der Waals surface area contributed by atoms with Crippen LogP contribution in [0.15, 0.2) is 0 Å². The number of rotatable bonds is 12. The lowest BCUT2D eigenvalue weighted by molar-refractivity contribution is -0.140. The third-order valence-corrected chi connectivity index (χ3v) is 7.13. The molecule has 1 amide bonds. The Bertz CT molecular complexity index is 528. The summed E-state index contributed by atoms with van der Waals surface area (Å²) in [6.07, 6.45) is 2.56. The number of unbranched alkanes of at least 4 members (excludes halogenated alkanes) is 1. The van der Waals surface area contributed by atoms with Crippen molar-refractivity contribution in [2.24, 2.45) is 0 Å². The summed E-state index contributed by atoms with van der Waals surface area (Å²) in [7, 11) is 1.34. The molecule has 0 rings (SSSR count). The largest absolute Gasteiger partial charge is 0.468 e. The lowest BCUT2D eigenvalue weighted by Crippen LogP contribution is -2.46. The van der Waals surface area contributed by atoms with E-state index in [9.17, 15) is 14.4 Å². The van der Waals surface area contributed by atoms with Gasteiger partial charge in [-0.3, -0.25) is 9.59 Å². The number of hydrogen-bond acceptors (Lipinski definition) is 9. The van der Waals surface area contributed by atoms with Crippen LogP contribution < -0.4 is 5.32 Å². The second-order valence-corrected chi connectivity index (χ2v) is 11.4. The van der Waals surface area contributed by atoms with Crippen LogP contribution in [-0.4, -0.2) is 56.7 Å². The summed E-state index contributed by atoms with van der Waals surface area (Å²) >= 11 is 9.44. The Hall–Kier alpha value is -0.450. The molecule has 162 valence electrons. The zero-order chi connectivity index (χ0) is 21.6. The van der Waals surface area contributed by atoms with Crippen molar-refractivity contribution >= 4 is 68.2 Å². The van der Waals surface area contributed by atoms with Crippen LogP contribution in [0, 0.1) is 0 Å². The SMILES string of the molecule is CCCCSC(=S)SC(CC(C)(C)NC(=O)OCCCSC(C)=O)C(=O)OC. The van der Waals surface area contributed by atoms with Crippen molar-refractivity contribution < 1.29 is 23.9 Å². The summed E-state index contributed by atoms with van der Waals surface area (Å²) in [6, 6.07) is 0. The number of carbonyl (C=O) groups is 3. The van der Waals surface area contributed by atoms with E-state index in [0.717, 1.165) is 18.6 Å². The molecule has 0 heterocycles. The number of ether oxygens (including phenoxy) is 2. The highest BCUT2D eigenvalue weighted by atomic mass is 32.2. The molecule has 0 aliphatic rings. The molecular weight excluding hydrogens is 438 g/mol. The molecule has 0 saturated heterocycles. The first-order valence-electron chi connectivity index (χ1n) is 9.10.